The van der Waals surface area contributed by atoms with Crippen LogP contribution >= 0.6 is 11.3 Å². The molecule has 1 aliphatic carbocycles. The third kappa shape index (κ3) is 2.91. The lowest BCUT2D eigenvalue weighted by Gasteiger charge is -2.40. The number of aromatic nitrogens is 1. The fraction of sp³-hybridized carbons (Fsp3) is 0.476. The number of anilines is 1. The van der Waals surface area contributed by atoms with Gasteiger partial charge in [-0.2, -0.15) is 0 Å². The van der Waals surface area contributed by atoms with Crippen molar-refractivity contribution < 1.29 is 0 Å². The van der Waals surface area contributed by atoms with E-state index in [1.165, 1.54) is 65.3 Å². The number of thiazole rings is 1. The third-order valence-electron chi connectivity index (χ3n) is 5.88. The predicted molar refractivity (Wildman–Crippen MR) is 106 cm³/mol. The van der Waals surface area contributed by atoms with Gasteiger partial charge in [0.2, 0.25) is 0 Å². The average Bonchev–Trinajstić information content (AvgIpc) is 3.22. The molecule has 0 amide bonds. The number of likely N-dealkylation sites (tertiary alicyclic amines) is 1. The summed E-state index contributed by atoms with van der Waals surface area (Å²) in [7, 11) is 0. The van der Waals surface area contributed by atoms with E-state index >= 15 is 0 Å². The van der Waals surface area contributed by atoms with Crippen molar-refractivity contribution in [3.8, 4) is 0 Å². The van der Waals surface area contributed by atoms with Gasteiger partial charge < -0.3 is 9.80 Å². The first-order valence-electron chi connectivity index (χ1n) is 9.52. The molecule has 2 aromatic rings. The van der Waals surface area contributed by atoms with Gasteiger partial charge in [-0.15, -0.1) is 11.3 Å². The Bertz CT molecular complexity index is 838. The van der Waals surface area contributed by atoms with Crippen molar-refractivity contribution in [3.63, 3.8) is 0 Å². The van der Waals surface area contributed by atoms with E-state index in [4.69, 9.17) is 4.98 Å². The molecule has 1 saturated heterocycles. The fourth-order valence-electron chi connectivity index (χ4n) is 4.35. The second-order valence-corrected chi connectivity index (χ2v) is 8.76. The van der Waals surface area contributed by atoms with Crippen LogP contribution in [0.4, 0.5) is 5.69 Å². The van der Waals surface area contributed by atoms with E-state index < -0.39 is 0 Å². The average molecular weight is 352 g/mol. The van der Waals surface area contributed by atoms with Crippen LogP contribution in [0, 0.1) is 0 Å². The number of benzene rings is 1. The number of hydrogen-bond acceptors (Lipinski definition) is 4. The Balaban J connectivity index is 1.33. The molecule has 2 aliphatic heterocycles. The third-order valence-corrected chi connectivity index (χ3v) is 7.06. The Hall–Kier alpha value is -1.65. The number of fused-ring (bicyclic) bond motifs is 1. The summed E-state index contributed by atoms with van der Waals surface area (Å²) in [5.41, 5.74) is 3.75. The molecule has 0 bridgehead atoms. The van der Waals surface area contributed by atoms with Crippen LogP contribution in [0.15, 0.2) is 42.1 Å². The molecule has 0 atom stereocenters. The zero-order valence-corrected chi connectivity index (χ0v) is 15.6. The molecule has 0 radical (unpaired) electrons. The van der Waals surface area contributed by atoms with Gasteiger partial charge in [0.25, 0.3) is 0 Å². The lowest BCUT2D eigenvalue weighted by Crippen LogP contribution is -2.42. The van der Waals surface area contributed by atoms with Crippen LogP contribution in [0.2, 0.25) is 0 Å². The molecule has 5 rings (SSSR count). The van der Waals surface area contributed by atoms with E-state index in [0.717, 1.165) is 12.6 Å². The van der Waals surface area contributed by atoms with Crippen LogP contribution in [0.3, 0.4) is 0 Å². The van der Waals surface area contributed by atoms with Crippen LogP contribution in [0.5, 0.6) is 0 Å². The number of hydrogen-bond donors (Lipinski definition) is 0. The highest BCUT2D eigenvalue weighted by Crippen LogP contribution is 2.43. The lowest BCUT2D eigenvalue weighted by molar-refractivity contribution is 0.136. The summed E-state index contributed by atoms with van der Waals surface area (Å²) < 4.78 is 1.33. The molecule has 0 spiro atoms. The van der Waals surface area contributed by atoms with Crippen molar-refractivity contribution in [1.82, 2.24) is 9.88 Å². The zero-order valence-electron chi connectivity index (χ0n) is 14.8. The molecule has 1 aromatic heterocycles. The Kier molecular flexibility index (Phi) is 3.90. The Morgan fingerprint density at radius 2 is 2.00 bits per heavy atom. The minimum atomic E-state index is 0.687. The highest BCUT2D eigenvalue weighted by atomic mass is 32.1. The predicted octanol–water partition coefficient (Wildman–Crippen LogP) is 4.92. The SMILES string of the molecule is CC1=CN(c2ccc3nc(C4CC(N5CCCC5)C4)sc3c2)CC=C1. The normalized spacial score (nSPS) is 26.9. The van der Waals surface area contributed by atoms with E-state index in [-0.39, 0.29) is 0 Å². The van der Waals surface area contributed by atoms with Crippen LogP contribution < -0.4 is 4.90 Å². The van der Waals surface area contributed by atoms with Crippen LogP contribution in [0.1, 0.15) is 43.5 Å². The molecular weight excluding hydrogens is 326 g/mol. The summed E-state index contributed by atoms with van der Waals surface area (Å²) in [6.07, 6.45) is 12.1. The Labute approximate surface area is 153 Å². The van der Waals surface area contributed by atoms with E-state index in [0.29, 0.717) is 5.92 Å². The second-order valence-electron chi connectivity index (χ2n) is 7.70. The van der Waals surface area contributed by atoms with Gasteiger partial charge in [0.05, 0.1) is 15.2 Å². The summed E-state index contributed by atoms with van der Waals surface area (Å²) in [4.78, 5) is 9.96. The minimum absolute atomic E-state index is 0.687. The number of allylic oxidation sites excluding steroid dienone is 2. The molecule has 1 aromatic carbocycles. The van der Waals surface area contributed by atoms with E-state index in [1.54, 1.807) is 0 Å². The molecule has 3 nitrogen and oxygen atoms in total. The molecule has 0 N–H and O–H groups in total. The largest absolute Gasteiger partial charge is 0.344 e. The summed E-state index contributed by atoms with van der Waals surface area (Å²) in [6.45, 7) is 5.74. The molecule has 3 heterocycles. The van der Waals surface area contributed by atoms with Gasteiger partial charge in [-0.05, 0) is 69.5 Å². The van der Waals surface area contributed by atoms with Crippen LogP contribution in [-0.2, 0) is 0 Å². The fourth-order valence-corrected chi connectivity index (χ4v) is 5.48. The van der Waals surface area contributed by atoms with Gasteiger partial charge in [0, 0.05) is 30.4 Å². The highest BCUT2D eigenvalue weighted by molar-refractivity contribution is 7.18. The first kappa shape index (κ1) is 15.6. The number of nitrogens with zero attached hydrogens (tertiary/aromatic N) is 3. The quantitative estimate of drug-likeness (QED) is 0.782. The van der Waals surface area contributed by atoms with Gasteiger partial charge in [-0.3, -0.25) is 0 Å². The summed E-state index contributed by atoms with van der Waals surface area (Å²) in [5.74, 6) is 0.687. The molecule has 130 valence electrons. The van der Waals surface area contributed by atoms with Crippen LogP contribution in [-0.4, -0.2) is 35.6 Å². The molecule has 3 aliphatic rings. The van der Waals surface area contributed by atoms with Crippen molar-refractivity contribution in [2.45, 2.75) is 44.6 Å². The first-order chi connectivity index (χ1) is 12.3. The maximum Gasteiger partial charge on any atom is 0.0970 e. The molecule has 25 heavy (non-hydrogen) atoms. The van der Waals surface area contributed by atoms with Crippen molar-refractivity contribution in [3.05, 3.63) is 47.1 Å². The molecule has 1 saturated carbocycles. The minimum Gasteiger partial charge on any atom is -0.344 e. The maximum atomic E-state index is 4.95. The van der Waals surface area contributed by atoms with Crippen LogP contribution in [0.25, 0.3) is 10.2 Å². The molecule has 2 fully saturated rings. The van der Waals surface area contributed by atoms with E-state index in [2.05, 4.69) is 53.3 Å². The van der Waals surface area contributed by atoms with Gasteiger partial charge in [-0.1, -0.05) is 12.2 Å². The molecule has 0 unspecified atom stereocenters. The topological polar surface area (TPSA) is 19.4 Å². The Morgan fingerprint density at radius 3 is 2.80 bits per heavy atom. The second kappa shape index (κ2) is 6.26. The number of rotatable bonds is 3. The molecular formula is C21H25N3S. The van der Waals surface area contributed by atoms with Crippen molar-refractivity contribution >= 4 is 27.2 Å². The lowest BCUT2D eigenvalue weighted by atomic mass is 9.80. The highest BCUT2D eigenvalue weighted by Gasteiger charge is 2.37. The summed E-state index contributed by atoms with van der Waals surface area (Å²) in [6, 6.07) is 7.55. The van der Waals surface area contributed by atoms with Crippen molar-refractivity contribution in [2.75, 3.05) is 24.5 Å². The standard InChI is InChI=1S/C21H25N3S/c1-15-5-4-10-24(14-15)17-6-7-19-20(13-17)25-21(22-19)16-11-18(12-16)23-8-2-3-9-23/h4-7,13-14,16,18H,2-3,8-12H2,1H3. The van der Waals surface area contributed by atoms with E-state index in [9.17, 15) is 0 Å². The smallest absolute Gasteiger partial charge is 0.0970 e. The van der Waals surface area contributed by atoms with Crippen molar-refractivity contribution in [2.24, 2.45) is 0 Å². The summed E-state index contributed by atoms with van der Waals surface area (Å²) in [5, 5.41) is 1.35. The van der Waals surface area contributed by atoms with Gasteiger partial charge >= 0.3 is 0 Å². The van der Waals surface area contributed by atoms with Gasteiger partial charge in [-0.25, -0.2) is 4.98 Å². The van der Waals surface area contributed by atoms with E-state index in [1.807, 2.05) is 11.3 Å². The first-order valence-corrected chi connectivity index (χ1v) is 10.3. The Morgan fingerprint density at radius 1 is 1.16 bits per heavy atom. The maximum absolute atomic E-state index is 4.95. The molecule has 4 heteroatoms. The zero-order chi connectivity index (χ0) is 16.8. The van der Waals surface area contributed by atoms with Crippen molar-refractivity contribution in [1.29, 1.82) is 0 Å². The monoisotopic (exact) mass is 351 g/mol. The van der Waals surface area contributed by atoms with Gasteiger partial charge in [0.15, 0.2) is 0 Å². The summed E-state index contributed by atoms with van der Waals surface area (Å²) >= 11 is 1.91. The van der Waals surface area contributed by atoms with Gasteiger partial charge in [0.1, 0.15) is 0 Å².